The SMILES string of the molecule is CCc1ccc(NC(=O)CN2C(=O)N[C@]3(CCCc4sccc43)C2=O)cc1. The number of aryl methyl sites for hydroxylation is 2. The van der Waals surface area contributed by atoms with Crippen molar-refractivity contribution in [2.24, 2.45) is 0 Å². The minimum absolute atomic E-state index is 0.290. The number of carbonyl (C=O) groups excluding carboxylic acids is 3. The number of anilines is 1. The molecule has 1 aliphatic carbocycles. The summed E-state index contributed by atoms with van der Waals surface area (Å²) in [6, 6.07) is 8.94. The molecule has 1 aromatic heterocycles. The zero-order chi connectivity index (χ0) is 19.0. The molecule has 2 N–H and O–H groups in total. The molecule has 2 heterocycles. The molecule has 140 valence electrons. The molecule has 0 bridgehead atoms. The molecular formula is C20H21N3O3S. The van der Waals surface area contributed by atoms with Crippen molar-refractivity contribution in [3.8, 4) is 0 Å². The lowest BCUT2D eigenvalue weighted by Crippen LogP contribution is -2.46. The summed E-state index contributed by atoms with van der Waals surface area (Å²) in [6.07, 6.45) is 3.25. The van der Waals surface area contributed by atoms with Gasteiger partial charge in [0.05, 0.1) is 0 Å². The summed E-state index contributed by atoms with van der Waals surface area (Å²) in [5.74, 6) is -0.718. The Morgan fingerprint density at radius 2 is 2.04 bits per heavy atom. The Labute approximate surface area is 161 Å². The summed E-state index contributed by atoms with van der Waals surface area (Å²) in [4.78, 5) is 40.1. The number of carbonyl (C=O) groups is 3. The van der Waals surface area contributed by atoms with Crippen LogP contribution in [0.25, 0.3) is 0 Å². The number of benzene rings is 1. The third-order valence-corrected chi connectivity index (χ3v) is 6.26. The van der Waals surface area contributed by atoms with E-state index in [-0.39, 0.29) is 18.4 Å². The third kappa shape index (κ3) is 3.02. The van der Waals surface area contributed by atoms with E-state index in [2.05, 4.69) is 17.6 Å². The van der Waals surface area contributed by atoms with Crippen molar-refractivity contribution in [2.75, 3.05) is 11.9 Å². The summed E-state index contributed by atoms with van der Waals surface area (Å²) in [5.41, 5.74) is 1.70. The molecule has 4 rings (SSSR count). The fraction of sp³-hybridized carbons (Fsp3) is 0.350. The molecule has 1 atom stereocenters. The number of fused-ring (bicyclic) bond motifs is 2. The van der Waals surface area contributed by atoms with Gasteiger partial charge in [-0.25, -0.2) is 4.79 Å². The van der Waals surface area contributed by atoms with E-state index in [1.54, 1.807) is 11.3 Å². The smallest absolute Gasteiger partial charge is 0.325 e. The van der Waals surface area contributed by atoms with Crippen LogP contribution < -0.4 is 10.6 Å². The Kier molecular flexibility index (Phi) is 4.47. The van der Waals surface area contributed by atoms with Gasteiger partial charge in [0.15, 0.2) is 0 Å². The van der Waals surface area contributed by atoms with Crippen LogP contribution in [0.15, 0.2) is 35.7 Å². The van der Waals surface area contributed by atoms with E-state index in [9.17, 15) is 14.4 Å². The molecule has 0 saturated carbocycles. The van der Waals surface area contributed by atoms with Crippen LogP contribution in [-0.2, 0) is 28.0 Å². The van der Waals surface area contributed by atoms with Crippen molar-refractivity contribution in [2.45, 2.75) is 38.1 Å². The number of hydrogen-bond donors (Lipinski definition) is 2. The van der Waals surface area contributed by atoms with E-state index in [0.717, 1.165) is 34.6 Å². The topological polar surface area (TPSA) is 78.5 Å². The number of amides is 4. The van der Waals surface area contributed by atoms with E-state index >= 15 is 0 Å². The number of nitrogens with zero attached hydrogens (tertiary/aromatic N) is 1. The highest BCUT2D eigenvalue weighted by Crippen LogP contribution is 2.42. The minimum atomic E-state index is -1.01. The maximum atomic E-state index is 13.1. The minimum Gasteiger partial charge on any atom is -0.325 e. The van der Waals surface area contributed by atoms with E-state index in [0.29, 0.717) is 12.1 Å². The van der Waals surface area contributed by atoms with Crippen LogP contribution in [0.5, 0.6) is 0 Å². The van der Waals surface area contributed by atoms with Crippen molar-refractivity contribution in [3.05, 3.63) is 51.7 Å². The molecule has 27 heavy (non-hydrogen) atoms. The van der Waals surface area contributed by atoms with Crippen LogP contribution in [0.1, 0.15) is 35.8 Å². The normalized spacial score (nSPS) is 21.3. The molecule has 1 spiro atoms. The van der Waals surface area contributed by atoms with Crippen LogP contribution in [0.4, 0.5) is 10.5 Å². The number of rotatable bonds is 4. The Bertz CT molecular complexity index is 905. The van der Waals surface area contributed by atoms with Gasteiger partial charge < -0.3 is 10.6 Å². The highest BCUT2D eigenvalue weighted by molar-refractivity contribution is 7.10. The van der Waals surface area contributed by atoms with E-state index < -0.39 is 11.6 Å². The quantitative estimate of drug-likeness (QED) is 0.797. The summed E-state index contributed by atoms with van der Waals surface area (Å²) in [7, 11) is 0. The highest BCUT2D eigenvalue weighted by atomic mass is 32.1. The molecule has 0 radical (unpaired) electrons. The maximum Gasteiger partial charge on any atom is 0.325 e. The first kappa shape index (κ1) is 17.7. The number of hydrogen-bond acceptors (Lipinski definition) is 4. The second-order valence-corrected chi connectivity index (χ2v) is 7.94. The maximum absolute atomic E-state index is 13.1. The molecule has 2 aliphatic rings. The lowest BCUT2D eigenvalue weighted by Gasteiger charge is -2.31. The second-order valence-electron chi connectivity index (χ2n) is 6.94. The average molecular weight is 383 g/mol. The second kappa shape index (κ2) is 6.81. The van der Waals surface area contributed by atoms with Crippen molar-refractivity contribution in [1.82, 2.24) is 10.2 Å². The van der Waals surface area contributed by atoms with Crippen molar-refractivity contribution >= 4 is 34.9 Å². The predicted octanol–water partition coefficient (Wildman–Crippen LogP) is 3.03. The molecule has 2 aromatic rings. The number of imide groups is 1. The predicted molar refractivity (Wildman–Crippen MR) is 104 cm³/mol. The van der Waals surface area contributed by atoms with Gasteiger partial charge in [-0.05, 0) is 54.8 Å². The van der Waals surface area contributed by atoms with Gasteiger partial charge in [0.1, 0.15) is 12.1 Å². The van der Waals surface area contributed by atoms with Gasteiger partial charge in [0.2, 0.25) is 5.91 Å². The molecule has 0 unspecified atom stereocenters. The summed E-state index contributed by atoms with van der Waals surface area (Å²) < 4.78 is 0. The first-order valence-electron chi connectivity index (χ1n) is 9.13. The summed E-state index contributed by atoms with van der Waals surface area (Å²) in [6.45, 7) is 1.77. The first-order valence-corrected chi connectivity index (χ1v) is 10.0. The van der Waals surface area contributed by atoms with Gasteiger partial charge in [0.25, 0.3) is 5.91 Å². The van der Waals surface area contributed by atoms with Gasteiger partial charge in [-0.3, -0.25) is 14.5 Å². The monoisotopic (exact) mass is 383 g/mol. The van der Waals surface area contributed by atoms with Gasteiger partial charge in [-0.1, -0.05) is 19.1 Å². The van der Waals surface area contributed by atoms with Gasteiger partial charge in [-0.15, -0.1) is 11.3 Å². The lowest BCUT2D eigenvalue weighted by atomic mass is 9.80. The zero-order valence-electron chi connectivity index (χ0n) is 15.1. The van der Waals surface area contributed by atoms with Gasteiger partial charge in [-0.2, -0.15) is 0 Å². The Morgan fingerprint density at radius 3 is 2.78 bits per heavy atom. The molecule has 6 nitrogen and oxygen atoms in total. The first-order chi connectivity index (χ1) is 13.0. The van der Waals surface area contributed by atoms with E-state index in [1.165, 1.54) is 5.56 Å². The van der Waals surface area contributed by atoms with Crippen molar-refractivity contribution in [3.63, 3.8) is 0 Å². The third-order valence-electron chi connectivity index (χ3n) is 5.28. The van der Waals surface area contributed by atoms with Crippen LogP contribution in [0.3, 0.4) is 0 Å². The molecule has 4 amide bonds. The van der Waals surface area contributed by atoms with Gasteiger partial charge >= 0.3 is 6.03 Å². The Morgan fingerprint density at radius 1 is 1.26 bits per heavy atom. The van der Waals surface area contributed by atoms with Crippen molar-refractivity contribution < 1.29 is 14.4 Å². The standard InChI is InChI=1S/C20H21N3O3S/c1-2-13-5-7-14(8-6-13)21-17(24)12-23-18(25)20(22-19(23)26)10-3-4-16-15(20)9-11-27-16/h5-9,11H,2-4,10,12H2,1H3,(H,21,24)(H,22,26)/t20-/m0/s1. The average Bonchev–Trinajstić information content (AvgIpc) is 3.23. The highest BCUT2D eigenvalue weighted by Gasteiger charge is 2.54. The van der Waals surface area contributed by atoms with Crippen LogP contribution >= 0.6 is 11.3 Å². The summed E-state index contributed by atoms with van der Waals surface area (Å²) in [5, 5.41) is 7.57. The molecule has 7 heteroatoms. The van der Waals surface area contributed by atoms with Crippen molar-refractivity contribution in [1.29, 1.82) is 0 Å². The van der Waals surface area contributed by atoms with Gasteiger partial charge in [0, 0.05) is 16.1 Å². The number of nitrogens with one attached hydrogen (secondary N) is 2. The molecule has 1 fully saturated rings. The molecule has 1 saturated heterocycles. The zero-order valence-corrected chi connectivity index (χ0v) is 15.9. The largest absolute Gasteiger partial charge is 0.325 e. The fourth-order valence-corrected chi connectivity index (χ4v) is 4.85. The number of thiophene rings is 1. The molecule has 1 aliphatic heterocycles. The summed E-state index contributed by atoms with van der Waals surface area (Å²) >= 11 is 1.61. The lowest BCUT2D eigenvalue weighted by molar-refractivity contribution is -0.134. The number of urea groups is 1. The van der Waals surface area contributed by atoms with Crippen LogP contribution in [0.2, 0.25) is 0 Å². The fourth-order valence-electron chi connectivity index (χ4n) is 3.85. The molecular weight excluding hydrogens is 362 g/mol. The molecule has 1 aromatic carbocycles. The Hall–Kier alpha value is -2.67. The van der Waals surface area contributed by atoms with Crippen LogP contribution in [0, 0.1) is 0 Å². The van der Waals surface area contributed by atoms with Crippen LogP contribution in [-0.4, -0.2) is 29.3 Å². The van der Waals surface area contributed by atoms with E-state index in [4.69, 9.17) is 0 Å². The van der Waals surface area contributed by atoms with E-state index in [1.807, 2.05) is 35.7 Å². The Balaban J connectivity index is 1.49.